The Hall–Kier alpha value is -3.80. The number of benzene rings is 2. The van der Waals surface area contributed by atoms with Gasteiger partial charge >= 0.3 is 0 Å². The first-order valence-electron chi connectivity index (χ1n) is 8.97. The molecule has 28 heavy (non-hydrogen) atoms. The Morgan fingerprint density at radius 3 is 2.50 bits per heavy atom. The van der Waals surface area contributed by atoms with Crippen LogP contribution in [-0.4, -0.2) is 25.7 Å². The highest BCUT2D eigenvalue weighted by Gasteiger charge is 2.12. The summed E-state index contributed by atoms with van der Waals surface area (Å²) in [5, 5.41) is 7.13. The first-order valence-corrected chi connectivity index (χ1v) is 8.97. The Bertz CT molecular complexity index is 1070. The molecule has 6 heteroatoms. The van der Waals surface area contributed by atoms with E-state index < -0.39 is 0 Å². The largest absolute Gasteiger partial charge is 0.347 e. The fourth-order valence-electron chi connectivity index (χ4n) is 2.87. The van der Waals surface area contributed by atoms with Crippen molar-refractivity contribution < 1.29 is 4.79 Å². The molecule has 4 aromatic rings. The molecule has 1 amide bonds. The third-order valence-electron chi connectivity index (χ3n) is 4.28. The summed E-state index contributed by atoms with van der Waals surface area (Å²) in [7, 11) is 0. The van der Waals surface area contributed by atoms with Crippen LogP contribution in [0.4, 0.5) is 0 Å². The van der Waals surface area contributed by atoms with Crippen molar-refractivity contribution in [2.45, 2.75) is 13.5 Å². The van der Waals surface area contributed by atoms with Gasteiger partial charge in [0.1, 0.15) is 5.69 Å². The summed E-state index contributed by atoms with van der Waals surface area (Å²) in [6.07, 6.45) is 3.62. The third kappa shape index (κ3) is 3.96. The number of hydrogen-bond acceptors (Lipinski definition) is 4. The van der Waals surface area contributed by atoms with Gasteiger partial charge in [-0.3, -0.25) is 4.79 Å². The average molecular weight is 369 g/mol. The second-order valence-electron chi connectivity index (χ2n) is 6.38. The fraction of sp³-hybridized carbons (Fsp3) is 0.0909. The normalized spacial score (nSPS) is 10.6. The summed E-state index contributed by atoms with van der Waals surface area (Å²) in [4.78, 5) is 21.5. The molecule has 0 saturated carbocycles. The molecular weight excluding hydrogens is 350 g/mol. The number of aryl methyl sites for hydroxylation is 1. The van der Waals surface area contributed by atoms with Crippen molar-refractivity contribution in [3.8, 4) is 17.1 Å². The predicted molar refractivity (Wildman–Crippen MR) is 107 cm³/mol. The van der Waals surface area contributed by atoms with Gasteiger partial charge in [-0.25, -0.2) is 14.6 Å². The van der Waals surface area contributed by atoms with E-state index in [1.54, 1.807) is 16.9 Å². The van der Waals surface area contributed by atoms with E-state index in [0.717, 1.165) is 22.5 Å². The van der Waals surface area contributed by atoms with Crippen LogP contribution in [0.15, 0.2) is 79.1 Å². The molecule has 6 nitrogen and oxygen atoms in total. The number of nitrogens with one attached hydrogen (secondary N) is 1. The first-order chi connectivity index (χ1) is 13.7. The van der Waals surface area contributed by atoms with Crippen LogP contribution in [-0.2, 0) is 6.54 Å². The number of carbonyl (C=O) groups is 1. The number of amides is 1. The molecule has 4 rings (SSSR count). The van der Waals surface area contributed by atoms with Gasteiger partial charge in [0.15, 0.2) is 5.82 Å². The van der Waals surface area contributed by atoms with Crippen molar-refractivity contribution in [3.05, 3.63) is 96.1 Å². The highest BCUT2D eigenvalue weighted by Crippen LogP contribution is 2.18. The summed E-state index contributed by atoms with van der Waals surface area (Å²) in [6.45, 7) is 2.31. The minimum absolute atomic E-state index is 0.219. The van der Waals surface area contributed by atoms with E-state index in [2.05, 4.69) is 20.4 Å². The molecule has 0 aliphatic rings. The maximum atomic E-state index is 12.6. The summed E-state index contributed by atoms with van der Waals surface area (Å²) in [5.74, 6) is 0.306. The van der Waals surface area contributed by atoms with Gasteiger partial charge in [0, 0.05) is 30.2 Å². The van der Waals surface area contributed by atoms with Gasteiger partial charge in [0.2, 0.25) is 0 Å². The van der Waals surface area contributed by atoms with Crippen LogP contribution in [0.5, 0.6) is 0 Å². The number of hydrogen-bond donors (Lipinski definition) is 1. The zero-order valence-corrected chi connectivity index (χ0v) is 15.4. The minimum Gasteiger partial charge on any atom is -0.347 e. The lowest BCUT2D eigenvalue weighted by molar-refractivity contribution is 0.0945. The number of nitrogens with zero attached hydrogens (tertiary/aromatic N) is 4. The smallest absolute Gasteiger partial charge is 0.270 e. The number of carbonyl (C=O) groups excluding carboxylic acids is 1. The Balaban J connectivity index is 1.54. The zero-order chi connectivity index (χ0) is 19.3. The molecule has 1 N–H and O–H groups in total. The van der Waals surface area contributed by atoms with Crippen LogP contribution in [0.2, 0.25) is 0 Å². The van der Waals surface area contributed by atoms with Crippen LogP contribution in [0.3, 0.4) is 0 Å². The molecule has 0 radical (unpaired) electrons. The fourth-order valence-corrected chi connectivity index (χ4v) is 2.87. The van der Waals surface area contributed by atoms with Gasteiger partial charge in [0.25, 0.3) is 5.91 Å². The number of rotatable bonds is 5. The van der Waals surface area contributed by atoms with Gasteiger partial charge in [0.05, 0.1) is 5.69 Å². The molecule has 2 aromatic carbocycles. The molecule has 0 bridgehead atoms. The van der Waals surface area contributed by atoms with E-state index >= 15 is 0 Å². The maximum Gasteiger partial charge on any atom is 0.270 e. The summed E-state index contributed by atoms with van der Waals surface area (Å²) >= 11 is 0. The molecule has 138 valence electrons. The summed E-state index contributed by atoms with van der Waals surface area (Å²) in [6, 6.07) is 21.1. The van der Waals surface area contributed by atoms with Crippen LogP contribution >= 0.6 is 0 Å². The maximum absolute atomic E-state index is 12.6. The van der Waals surface area contributed by atoms with E-state index in [4.69, 9.17) is 0 Å². The Morgan fingerprint density at radius 1 is 1.00 bits per heavy atom. The van der Waals surface area contributed by atoms with Gasteiger partial charge in [-0.2, -0.15) is 5.10 Å². The molecule has 0 unspecified atom stereocenters. The van der Waals surface area contributed by atoms with Crippen molar-refractivity contribution in [2.75, 3.05) is 0 Å². The second kappa shape index (κ2) is 7.84. The molecule has 2 heterocycles. The molecule has 0 fully saturated rings. The van der Waals surface area contributed by atoms with E-state index in [1.807, 2.05) is 73.8 Å². The van der Waals surface area contributed by atoms with Crippen LogP contribution in [0.1, 0.15) is 21.7 Å². The Kier molecular flexibility index (Phi) is 4.93. The first kappa shape index (κ1) is 17.6. The van der Waals surface area contributed by atoms with E-state index in [-0.39, 0.29) is 5.91 Å². The monoisotopic (exact) mass is 369 g/mol. The van der Waals surface area contributed by atoms with Crippen molar-refractivity contribution >= 4 is 5.91 Å². The number of aromatic nitrogens is 4. The van der Waals surface area contributed by atoms with Crippen molar-refractivity contribution in [3.63, 3.8) is 0 Å². The predicted octanol–water partition coefficient (Wildman–Crippen LogP) is 3.57. The molecule has 2 aromatic heterocycles. The quantitative estimate of drug-likeness (QED) is 0.584. The SMILES string of the molecule is Cc1cc(C(=O)NCc2ccccc2)nc(-c2ccc(-n3cccn3)cc2)n1. The van der Waals surface area contributed by atoms with Crippen LogP contribution < -0.4 is 5.32 Å². The molecule has 0 spiro atoms. The van der Waals surface area contributed by atoms with Crippen LogP contribution in [0, 0.1) is 6.92 Å². The van der Waals surface area contributed by atoms with Gasteiger partial charge in [-0.1, -0.05) is 30.3 Å². The molecule has 0 aliphatic carbocycles. The van der Waals surface area contributed by atoms with E-state index in [0.29, 0.717) is 18.1 Å². The molecule has 0 aliphatic heterocycles. The Labute approximate surface area is 162 Å². The van der Waals surface area contributed by atoms with Crippen LogP contribution in [0.25, 0.3) is 17.1 Å². The lowest BCUT2D eigenvalue weighted by Gasteiger charge is -2.08. The molecular formula is C22H19N5O. The van der Waals surface area contributed by atoms with E-state index in [1.165, 1.54) is 0 Å². The summed E-state index contributed by atoms with van der Waals surface area (Å²) < 4.78 is 1.78. The molecule has 0 saturated heterocycles. The van der Waals surface area contributed by atoms with Crippen molar-refractivity contribution in [1.82, 2.24) is 25.1 Å². The lowest BCUT2D eigenvalue weighted by atomic mass is 10.1. The lowest BCUT2D eigenvalue weighted by Crippen LogP contribution is -2.24. The minimum atomic E-state index is -0.219. The topological polar surface area (TPSA) is 72.7 Å². The van der Waals surface area contributed by atoms with E-state index in [9.17, 15) is 4.79 Å². The Morgan fingerprint density at radius 2 is 1.79 bits per heavy atom. The van der Waals surface area contributed by atoms with Gasteiger partial charge < -0.3 is 5.32 Å². The highest BCUT2D eigenvalue weighted by atomic mass is 16.1. The van der Waals surface area contributed by atoms with Crippen molar-refractivity contribution in [2.24, 2.45) is 0 Å². The highest BCUT2D eigenvalue weighted by molar-refractivity contribution is 5.92. The second-order valence-corrected chi connectivity index (χ2v) is 6.38. The zero-order valence-electron chi connectivity index (χ0n) is 15.4. The van der Waals surface area contributed by atoms with Gasteiger partial charge in [-0.05, 0) is 48.9 Å². The van der Waals surface area contributed by atoms with Gasteiger partial charge in [-0.15, -0.1) is 0 Å². The van der Waals surface area contributed by atoms with Crippen molar-refractivity contribution in [1.29, 1.82) is 0 Å². The summed E-state index contributed by atoms with van der Waals surface area (Å²) in [5.41, 5.74) is 3.93. The molecule has 0 atom stereocenters. The standard InChI is InChI=1S/C22H19N5O/c1-16-14-20(22(28)23-15-17-6-3-2-4-7-17)26-21(25-16)18-8-10-19(11-9-18)27-13-5-12-24-27/h2-14H,15H2,1H3,(H,23,28). The average Bonchev–Trinajstić information content (AvgIpc) is 3.27. The third-order valence-corrected chi connectivity index (χ3v) is 4.28.